The largest absolute Gasteiger partial charge is 0.292 e. The number of aromatic nitrogens is 1. The third kappa shape index (κ3) is 3.96. The summed E-state index contributed by atoms with van der Waals surface area (Å²) in [6.07, 6.45) is 0. The third-order valence-electron chi connectivity index (χ3n) is 4.48. The van der Waals surface area contributed by atoms with E-state index in [9.17, 15) is 9.59 Å². The molecule has 0 saturated heterocycles. The number of ketones is 1. The van der Waals surface area contributed by atoms with Gasteiger partial charge < -0.3 is 0 Å². The second-order valence-electron chi connectivity index (χ2n) is 6.56. The minimum absolute atomic E-state index is 0.0799. The van der Waals surface area contributed by atoms with Gasteiger partial charge in [0.05, 0.1) is 10.6 Å². The van der Waals surface area contributed by atoms with E-state index in [4.69, 9.17) is 11.6 Å². The van der Waals surface area contributed by atoms with Crippen LogP contribution in [0.2, 0.25) is 5.02 Å². The number of nitrogens with zero attached hydrogens (tertiary/aromatic N) is 2. The molecule has 0 N–H and O–H groups in total. The second kappa shape index (κ2) is 7.80. The fraction of sp³-hybridized carbons (Fsp3) is 0.182. The van der Waals surface area contributed by atoms with Crippen LogP contribution in [-0.4, -0.2) is 22.9 Å². The number of benzene rings is 2. The van der Waals surface area contributed by atoms with Crippen molar-refractivity contribution in [3.8, 4) is 0 Å². The smallest absolute Gasteiger partial charge is 0.274 e. The number of carbonyl (C=O) groups excluding carboxylic acids is 2. The first-order chi connectivity index (χ1) is 12.9. The van der Waals surface area contributed by atoms with Crippen molar-refractivity contribution >= 4 is 23.3 Å². The molecule has 0 radical (unpaired) electrons. The molecule has 2 aromatic carbocycles. The summed E-state index contributed by atoms with van der Waals surface area (Å²) in [6.45, 7) is 5.68. The van der Waals surface area contributed by atoms with Crippen LogP contribution in [0.3, 0.4) is 0 Å². The highest BCUT2D eigenvalue weighted by Gasteiger charge is 2.24. The Bertz CT molecular complexity index is 970. The molecule has 3 aromatic rings. The van der Waals surface area contributed by atoms with Crippen LogP contribution in [-0.2, 0) is 0 Å². The Morgan fingerprint density at radius 3 is 2.07 bits per heavy atom. The summed E-state index contributed by atoms with van der Waals surface area (Å²) in [4.78, 5) is 26.1. The highest BCUT2D eigenvalue weighted by molar-refractivity contribution is 6.34. The molecule has 0 aliphatic rings. The Balaban J connectivity index is 2.00. The molecule has 0 fully saturated rings. The fourth-order valence-corrected chi connectivity index (χ4v) is 3.23. The summed E-state index contributed by atoms with van der Waals surface area (Å²) >= 11 is 6.23. The van der Waals surface area contributed by atoms with Crippen molar-refractivity contribution in [1.29, 1.82) is 0 Å². The molecule has 4 nitrogen and oxygen atoms in total. The first kappa shape index (κ1) is 18.9. The standard InChI is InChI=1S/C22H21ClN2O2/c1-15-8-12-18(13-9-15)21(26)14-24(25-16(2)10-11-17(25)3)22(27)19-6-4-5-7-20(19)23/h4-13H,14H2,1-3H3. The Morgan fingerprint density at radius 1 is 0.889 bits per heavy atom. The lowest BCUT2D eigenvalue weighted by Gasteiger charge is -2.27. The van der Waals surface area contributed by atoms with Gasteiger partial charge in [0, 0.05) is 17.0 Å². The molecular formula is C22H21ClN2O2. The van der Waals surface area contributed by atoms with Crippen molar-refractivity contribution in [2.75, 3.05) is 11.6 Å². The van der Waals surface area contributed by atoms with E-state index < -0.39 is 0 Å². The summed E-state index contributed by atoms with van der Waals surface area (Å²) in [5.41, 5.74) is 3.74. The van der Waals surface area contributed by atoms with Gasteiger partial charge in [0.2, 0.25) is 0 Å². The van der Waals surface area contributed by atoms with E-state index in [1.54, 1.807) is 41.1 Å². The molecule has 0 aliphatic heterocycles. The molecule has 3 rings (SSSR count). The van der Waals surface area contributed by atoms with Gasteiger partial charge in [-0.05, 0) is 45.0 Å². The van der Waals surface area contributed by atoms with Crippen molar-refractivity contribution in [3.63, 3.8) is 0 Å². The molecule has 1 heterocycles. The summed E-state index contributed by atoms with van der Waals surface area (Å²) in [5.74, 6) is -0.452. The highest BCUT2D eigenvalue weighted by atomic mass is 35.5. The zero-order chi connectivity index (χ0) is 19.6. The van der Waals surface area contributed by atoms with E-state index in [0.717, 1.165) is 17.0 Å². The van der Waals surface area contributed by atoms with E-state index in [-0.39, 0.29) is 18.2 Å². The van der Waals surface area contributed by atoms with Crippen molar-refractivity contribution in [3.05, 3.63) is 93.8 Å². The quantitative estimate of drug-likeness (QED) is 0.600. The molecule has 0 saturated carbocycles. The lowest BCUT2D eigenvalue weighted by molar-refractivity contribution is 0.0908. The summed E-state index contributed by atoms with van der Waals surface area (Å²) in [6, 6.07) is 18.0. The first-order valence-electron chi connectivity index (χ1n) is 8.70. The number of hydrogen-bond donors (Lipinski definition) is 0. The van der Waals surface area contributed by atoms with Gasteiger partial charge in [-0.3, -0.25) is 14.3 Å². The van der Waals surface area contributed by atoms with Gasteiger partial charge in [-0.15, -0.1) is 0 Å². The maximum absolute atomic E-state index is 13.3. The second-order valence-corrected chi connectivity index (χ2v) is 6.97. The molecule has 27 heavy (non-hydrogen) atoms. The number of carbonyl (C=O) groups is 2. The van der Waals surface area contributed by atoms with Gasteiger partial charge in [-0.2, -0.15) is 0 Å². The fourth-order valence-electron chi connectivity index (χ4n) is 3.02. The van der Waals surface area contributed by atoms with E-state index in [0.29, 0.717) is 16.1 Å². The lowest BCUT2D eigenvalue weighted by Crippen LogP contribution is -2.45. The minimum atomic E-state index is -0.316. The lowest BCUT2D eigenvalue weighted by atomic mass is 10.1. The maximum atomic E-state index is 13.3. The normalized spacial score (nSPS) is 10.7. The predicted octanol–water partition coefficient (Wildman–Crippen LogP) is 4.73. The van der Waals surface area contributed by atoms with Crippen LogP contribution >= 0.6 is 11.6 Å². The SMILES string of the molecule is Cc1ccc(C(=O)CN(C(=O)c2ccccc2Cl)n2c(C)ccc2C)cc1. The molecule has 0 spiro atoms. The third-order valence-corrected chi connectivity index (χ3v) is 4.81. The Kier molecular flexibility index (Phi) is 5.47. The molecule has 1 amide bonds. The van der Waals surface area contributed by atoms with Crippen LogP contribution < -0.4 is 5.01 Å². The maximum Gasteiger partial charge on any atom is 0.274 e. The molecule has 138 valence electrons. The predicted molar refractivity (Wildman–Crippen MR) is 108 cm³/mol. The van der Waals surface area contributed by atoms with Gasteiger partial charge in [-0.1, -0.05) is 53.6 Å². The van der Waals surface area contributed by atoms with Crippen LogP contribution in [0.1, 0.15) is 37.7 Å². The molecule has 0 unspecified atom stereocenters. The van der Waals surface area contributed by atoms with E-state index >= 15 is 0 Å². The number of hydrogen-bond acceptors (Lipinski definition) is 2. The van der Waals surface area contributed by atoms with E-state index in [2.05, 4.69) is 0 Å². The van der Waals surface area contributed by atoms with Gasteiger partial charge in [0.15, 0.2) is 5.78 Å². The summed E-state index contributed by atoms with van der Waals surface area (Å²) in [7, 11) is 0. The number of rotatable bonds is 5. The number of halogens is 1. The van der Waals surface area contributed by atoms with Crippen LogP contribution in [0.25, 0.3) is 0 Å². The van der Waals surface area contributed by atoms with Crippen molar-refractivity contribution < 1.29 is 9.59 Å². The molecule has 0 aliphatic carbocycles. The van der Waals surface area contributed by atoms with Gasteiger partial charge in [0.1, 0.15) is 6.54 Å². The van der Waals surface area contributed by atoms with E-state index in [1.165, 1.54) is 5.01 Å². The average Bonchev–Trinajstić information content (AvgIpc) is 2.98. The monoisotopic (exact) mass is 380 g/mol. The first-order valence-corrected chi connectivity index (χ1v) is 9.08. The summed E-state index contributed by atoms with van der Waals surface area (Å²) < 4.78 is 1.76. The van der Waals surface area contributed by atoms with Crippen molar-refractivity contribution in [2.45, 2.75) is 20.8 Å². The molecule has 1 aromatic heterocycles. The van der Waals surface area contributed by atoms with Gasteiger partial charge in [0.25, 0.3) is 5.91 Å². The zero-order valence-corrected chi connectivity index (χ0v) is 16.3. The summed E-state index contributed by atoms with van der Waals surface area (Å²) in [5, 5.41) is 1.81. The number of aryl methyl sites for hydroxylation is 3. The van der Waals surface area contributed by atoms with Gasteiger partial charge in [-0.25, -0.2) is 5.01 Å². The topological polar surface area (TPSA) is 42.3 Å². The Labute approximate surface area is 164 Å². The average molecular weight is 381 g/mol. The minimum Gasteiger partial charge on any atom is -0.292 e. The molecule has 0 atom stereocenters. The van der Waals surface area contributed by atoms with E-state index in [1.807, 2.05) is 45.0 Å². The van der Waals surface area contributed by atoms with Crippen LogP contribution in [0.4, 0.5) is 0 Å². The highest BCUT2D eigenvalue weighted by Crippen LogP contribution is 2.19. The van der Waals surface area contributed by atoms with Crippen molar-refractivity contribution in [1.82, 2.24) is 4.68 Å². The molecule has 0 bridgehead atoms. The van der Waals surface area contributed by atoms with Crippen LogP contribution in [0, 0.1) is 20.8 Å². The number of amides is 1. The number of Topliss-reactive ketones (excluding diaryl/α,β-unsaturated/α-hetero) is 1. The Hall–Kier alpha value is -2.85. The molecular weight excluding hydrogens is 360 g/mol. The zero-order valence-electron chi connectivity index (χ0n) is 15.6. The van der Waals surface area contributed by atoms with Crippen LogP contribution in [0.15, 0.2) is 60.7 Å². The van der Waals surface area contributed by atoms with Crippen molar-refractivity contribution in [2.24, 2.45) is 0 Å². The Morgan fingerprint density at radius 2 is 1.48 bits per heavy atom. The van der Waals surface area contributed by atoms with Gasteiger partial charge >= 0.3 is 0 Å². The van der Waals surface area contributed by atoms with Crippen LogP contribution in [0.5, 0.6) is 0 Å². The molecule has 5 heteroatoms.